The van der Waals surface area contributed by atoms with Crippen LogP contribution >= 0.6 is 0 Å². The molecule has 2 aliphatic rings. The Morgan fingerprint density at radius 2 is 1.92 bits per heavy atom. The van der Waals surface area contributed by atoms with Gasteiger partial charge in [0.2, 0.25) is 0 Å². The van der Waals surface area contributed by atoms with Crippen LogP contribution in [0.3, 0.4) is 0 Å². The van der Waals surface area contributed by atoms with Crippen LogP contribution in [0.15, 0.2) is 0 Å². The fourth-order valence-corrected chi connectivity index (χ4v) is 2.84. The van der Waals surface area contributed by atoms with Crippen LogP contribution in [0.1, 0.15) is 44.9 Å². The highest BCUT2D eigenvalue weighted by atomic mass is 16.1. The number of Topliss-reactive ketones (excluding diaryl/α,β-unsaturated/α-hetero) is 1. The molecule has 2 rings (SSSR count). The summed E-state index contributed by atoms with van der Waals surface area (Å²) in [4.78, 5) is 11.2. The summed E-state index contributed by atoms with van der Waals surface area (Å²) in [6.07, 6.45) is 8.14. The van der Waals surface area contributed by atoms with Gasteiger partial charge >= 0.3 is 0 Å². The molecule has 1 atom stereocenters. The van der Waals surface area contributed by atoms with Gasteiger partial charge in [-0.3, -0.25) is 4.79 Å². The highest BCUT2D eigenvalue weighted by molar-refractivity contribution is 5.84. The van der Waals surface area contributed by atoms with Gasteiger partial charge in [0.1, 0.15) is 5.78 Å². The van der Waals surface area contributed by atoms with Crippen molar-refractivity contribution in [2.75, 3.05) is 0 Å². The second kappa shape index (κ2) is 2.84. The van der Waals surface area contributed by atoms with Gasteiger partial charge < -0.3 is 5.73 Å². The number of nitrogens with two attached hydrogens (primary N) is 1. The fourth-order valence-electron chi connectivity index (χ4n) is 2.84. The fraction of sp³-hybridized carbons (Fsp3) is 0.900. The molecule has 0 aromatic carbocycles. The van der Waals surface area contributed by atoms with E-state index in [2.05, 4.69) is 0 Å². The van der Waals surface area contributed by atoms with Gasteiger partial charge in [0.05, 0.1) is 6.04 Å². The second-order valence-electron chi connectivity index (χ2n) is 4.48. The molecule has 2 heteroatoms. The van der Waals surface area contributed by atoms with Crippen molar-refractivity contribution in [3.63, 3.8) is 0 Å². The Kier molecular flexibility index (Phi) is 1.95. The summed E-state index contributed by atoms with van der Waals surface area (Å²) in [5.74, 6) is 0.285. The number of hydrogen-bond donors (Lipinski definition) is 1. The predicted octanol–water partition coefficient (Wildman–Crippen LogP) is 1.63. The Morgan fingerprint density at radius 1 is 1.25 bits per heavy atom. The molecule has 2 N–H and O–H groups in total. The first kappa shape index (κ1) is 8.24. The summed E-state index contributed by atoms with van der Waals surface area (Å²) in [7, 11) is 0. The molecule has 0 aromatic rings. The molecule has 2 aliphatic carbocycles. The Morgan fingerprint density at radius 3 is 2.50 bits per heavy atom. The smallest absolute Gasteiger partial charge is 0.149 e. The topological polar surface area (TPSA) is 43.1 Å². The zero-order chi connectivity index (χ0) is 8.60. The van der Waals surface area contributed by atoms with Crippen LogP contribution in [0.5, 0.6) is 0 Å². The molecule has 0 aromatic heterocycles. The summed E-state index contributed by atoms with van der Waals surface area (Å²) < 4.78 is 0. The van der Waals surface area contributed by atoms with Crippen LogP contribution in [-0.4, -0.2) is 11.8 Å². The number of carbonyl (C=O) groups is 1. The van der Waals surface area contributed by atoms with Gasteiger partial charge in [-0.05, 0) is 31.1 Å². The van der Waals surface area contributed by atoms with E-state index in [-0.39, 0.29) is 11.8 Å². The van der Waals surface area contributed by atoms with Crippen LogP contribution in [0.4, 0.5) is 0 Å². The van der Waals surface area contributed by atoms with Crippen molar-refractivity contribution in [1.29, 1.82) is 0 Å². The molecule has 0 bridgehead atoms. The van der Waals surface area contributed by atoms with Crippen molar-refractivity contribution in [2.24, 2.45) is 11.1 Å². The van der Waals surface area contributed by atoms with Crippen LogP contribution in [0.25, 0.3) is 0 Å². The number of rotatable bonds is 0. The molecule has 68 valence electrons. The number of hydrogen-bond acceptors (Lipinski definition) is 2. The van der Waals surface area contributed by atoms with E-state index < -0.39 is 0 Å². The summed E-state index contributed by atoms with van der Waals surface area (Å²) in [5, 5.41) is 0. The normalized spacial score (nSPS) is 34.4. The first-order chi connectivity index (χ1) is 5.72. The van der Waals surface area contributed by atoms with Gasteiger partial charge in [0, 0.05) is 6.42 Å². The average Bonchev–Trinajstić information content (AvgIpc) is 2.47. The van der Waals surface area contributed by atoms with Crippen molar-refractivity contribution in [1.82, 2.24) is 0 Å². The van der Waals surface area contributed by atoms with E-state index in [1.54, 1.807) is 0 Å². The van der Waals surface area contributed by atoms with E-state index in [1.165, 1.54) is 25.7 Å². The zero-order valence-corrected chi connectivity index (χ0v) is 7.51. The molecule has 2 nitrogen and oxygen atoms in total. The maximum atomic E-state index is 11.2. The monoisotopic (exact) mass is 167 g/mol. The second-order valence-corrected chi connectivity index (χ2v) is 4.48. The summed E-state index contributed by atoms with van der Waals surface area (Å²) in [6, 6.07) is -0.142. The van der Waals surface area contributed by atoms with Gasteiger partial charge in [0.25, 0.3) is 0 Å². The van der Waals surface area contributed by atoms with Crippen LogP contribution in [0, 0.1) is 5.41 Å². The molecule has 12 heavy (non-hydrogen) atoms. The van der Waals surface area contributed by atoms with Gasteiger partial charge in [-0.25, -0.2) is 0 Å². The van der Waals surface area contributed by atoms with Gasteiger partial charge in [-0.2, -0.15) is 0 Å². The van der Waals surface area contributed by atoms with Crippen molar-refractivity contribution < 1.29 is 4.79 Å². The highest BCUT2D eigenvalue weighted by Gasteiger charge is 2.40. The zero-order valence-electron chi connectivity index (χ0n) is 7.51. The first-order valence-corrected chi connectivity index (χ1v) is 5.00. The summed E-state index contributed by atoms with van der Waals surface area (Å²) >= 11 is 0. The minimum Gasteiger partial charge on any atom is -0.321 e. The third kappa shape index (κ3) is 1.28. The molecule has 2 saturated carbocycles. The van der Waals surface area contributed by atoms with E-state index in [0.29, 0.717) is 5.41 Å². The summed E-state index contributed by atoms with van der Waals surface area (Å²) in [5.41, 5.74) is 6.26. The third-order valence-corrected chi connectivity index (χ3v) is 3.63. The quantitative estimate of drug-likeness (QED) is 0.596. The molecule has 2 fully saturated rings. The van der Waals surface area contributed by atoms with Gasteiger partial charge in [0.15, 0.2) is 0 Å². The number of carbonyl (C=O) groups excluding carboxylic acids is 1. The van der Waals surface area contributed by atoms with Crippen molar-refractivity contribution >= 4 is 5.78 Å². The van der Waals surface area contributed by atoms with E-state index in [1.807, 2.05) is 0 Å². The van der Waals surface area contributed by atoms with E-state index in [9.17, 15) is 4.79 Å². The van der Waals surface area contributed by atoms with Crippen molar-refractivity contribution in [3.8, 4) is 0 Å². The molecule has 0 radical (unpaired) electrons. The molecule has 0 amide bonds. The van der Waals surface area contributed by atoms with Crippen molar-refractivity contribution in [2.45, 2.75) is 51.0 Å². The maximum Gasteiger partial charge on any atom is 0.149 e. The standard InChI is InChI=1S/C10H17NO/c11-8-7-10(4-1-2-5-10)6-3-9(8)12/h8H,1-7,11H2. The Bertz CT molecular complexity index is 194. The summed E-state index contributed by atoms with van der Waals surface area (Å²) in [6.45, 7) is 0. The largest absolute Gasteiger partial charge is 0.321 e. The van der Waals surface area contributed by atoms with Crippen LogP contribution in [-0.2, 0) is 4.79 Å². The van der Waals surface area contributed by atoms with Crippen LogP contribution < -0.4 is 5.73 Å². The Labute approximate surface area is 73.5 Å². The average molecular weight is 167 g/mol. The molecule has 0 heterocycles. The molecule has 0 saturated heterocycles. The van der Waals surface area contributed by atoms with E-state index >= 15 is 0 Å². The molecular formula is C10H17NO. The minimum absolute atomic E-state index is 0.142. The molecular weight excluding hydrogens is 150 g/mol. The molecule has 1 spiro atoms. The lowest BCUT2D eigenvalue weighted by Gasteiger charge is -2.35. The number of ketones is 1. The highest BCUT2D eigenvalue weighted by Crippen LogP contribution is 2.47. The lowest BCUT2D eigenvalue weighted by molar-refractivity contribution is -0.124. The Balaban J connectivity index is 2.05. The SMILES string of the molecule is NC1CC2(CCCC2)CCC1=O. The van der Waals surface area contributed by atoms with E-state index in [4.69, 9.17) is 5.73 Å². The predicted molar refractivity (Wildman–Crippen MR) is 47.7 cm³/mol. The lowest BCUT2D eigenvalue weighted by atomic mass is 9.71. The molecule has 1 unspecified atom stereocenters. The molecule has 0 aliphatic heterocycles. The van der Waals surface area contributed by atoms with Crippen LogP contribution in [0.2, 0.25) is 0 Å². The van der Waals surface area contributed by atoms with E-state index in [0.717, 1.165) is 19.3 Å². The van der Waals surface area contributed by atoms with Gasteiger partial charge in [-0.1, -0.05) is 12.8 Å². The third-order valence-electron chi connectivity index (χ3n) is 3.63. The maximum absolute atomic E-state index is 11.2. The van der Waals surface area contributed by atoms with Gasteiger partial charge in [-0.15, -0.1) is 0 Å². The Hall–Kier alpha value is -0.370. The first-order valence-electron chi connectivity index (χ1n) is 5.00. The minimum atomic E-state index is -0.142. The lowest BCUT2D eigenvalue weighted by Crippen LogP contribution is -2.41. The van der Waals surface area contributed by atoms with Crippen molar-refractivity contribution in [3.05, 3.63) is 0 Å².